The summed E-state index contributed by atoms with van der Waals surface area (Å²) in [5.41, 5.74) is -0.408. The summed E-state index contributed by atoms with van der Waals surface area (Å²) < 4.78 is 13.3. The van der Waals surface area contributed by atoms with Gasteiger partial charge in [-0.15, -0.1) is 0 Å². The SMILES string of the molecule is CC(C)(C(=O)O)c1cccc2ccc(F)cc12. The van der Waals surface area contributed by atoms with E-state index in [1.165, 1.54) is 12.1 Å². The highest BCUT2D eigenvalue weighted by atomic mass is 19.1. The highest BCUT2D eigenvalue weighted by molar-refractivity contribution is 5.92. The molecule has 0 aliphatic carbocycles. The Labute approximate surface area is 98.7 Å². The molecule has 0 spiro atoms. The third-order valence-electron chi connectivity index (χ3n) is 3.05. The van der Waals surface area contributed by atoms with Crippen molar-refractivity contribution in [3.05, 3.63) is 47.8 Å². The number of carboxylic acid groups (broad SMARTS) is 1. The lowest BCUT2D eigenvalue weighted by molar-refractivity contribution is -0.142. The smallest absolute Gasteiger partial charge is 0.313 e. The van der Waals surface area contributed by atoms with Crippen molar-refractivity contribution >= 4 is 16.7 Å². The number of rotatable bonds is 2. The second-order valence-corrected chi connectivity index (χ2v) is 4.60. The maximum Gasteiger partial charge on any atom is 0.313 e. The Morgan fingerprint density at radius 2 is 1.94 bits per heavy atom. The predicted molar refractivity (Wildman–Crippen MR) is 64.6 cm³/mol. The molecule has 2 aromatic rings. The maximum absolute atomic E-state index is 13.3. The van der Waals surface area contributed by atoms with Gasteiger partial charge in [0.1, 0.15) is 5.82 Å². The molecule has 0 bridgehead atoms. The summed E-state index contributed by atoms with van der Waals surface area (Å²) in [5.74, 6) is -1.28. The van der Waals surface area contributed by atoms with Crippen molar-refractivity contribution in [3.8, 4) is 0 Å². The van der Waals surface area contributed by atoms with Gasteiger partial charge < -0.3 is 5.11 Å². The molecule has 0 heterocycles. The Bertz CT molecular complexity index is 588. The second-order valence-electron chi connectivity index (χ2n) is 4.60. The van der Waals surface area contributed by atoms with Crippen molar-refractivity contribution in [2.24, 2.45) is 0 Å². The quantitative estimate of drug-likeness (QED) is 0.862. The maximum atomic E-state index is 13.3. The van der Waals surface area contributed by atoms with Crippen LogP contribution in [0.5, 0.6) is 0 Å². The first-order valence-corrected chi connectivity index (χ1v) is 5.35. The van der Waals surface area contributed by atoms with Crippen LogP contribution in [0, 0.1) is 5.82 Å². The van der Waals surface area contributed by atoms with Crippen LogP contribution in [0.4, 0.5) is 4.39 Å². The van der Waals surface area contributed by atoms with E-state index in [0.29, 0.717) is 10.9 Å². The lowest BCUT2D eigenvalue weighted by atomic mass is 9.82. The van der Waals surface area contributed by atoms with Crippen LogP contribution in [0.15, 0.2) is 36.4 Å². The van der Waals surface area contributed by atoms with E-state index in [9.17, 15) is 14.3 Å². The van der Waals surface area contributed by atoms with E-state index >= 15 is 0 Å². The molecule has 0 saturated heterocycles. The lowest BCUT2D eigenvalue weighted by Gasteiger charge is -2.21. The number of benzene rings is 2. The molecule has 0 aliphatic rings. The van der Waals surface area contributed by atoms with Crippen molar-refractivity contribution in [1.29, 1.82) is 0 Å². The summed E-state index contributed by atoms with van der Waals surface area (Å²) >= 11 is 0. The first-order chi connectivity index (χ1) is 7.93. The van der Waals surface area contributed by atoms with Crippen LogP contribution in [-0.2, 0) is 10.2 Å². The van der Waals surface area contributed by atoms with Crippen LogP contribution in [-0.4, -0.2) is 11.1 Å². The molecule has 0 amide bonds. The van der Waals surface area contributed by atoms with Gasteiger partial charge in [0, 0.05) is 0 Å². The molecule has 2 nitrogen and oxygen atoms in total. The fraction of sp³-hybridized carbons (Fsp3) is 0.214. The summed E-state index contributed by atoms with van der Waals surface area (Å²) in [7, 11) is 0. The molecule has 0 unspecified atom stereocenters. The van der Waals surface area contributed by atoms with Gasteiger partial charge in [0.05, 0.1) is 5.41 Å². The number of fused-ring (bicyclic) bond motifs is 1. The third-order valence-corrected chi connectivity index (χ3v) is 3.05. The van der Waals surface area contributed by atoms with Crippen LogP contribution in [0.25, 0.3) is 10.8 Å². The third kappa shape index (κ3) is 1.88. The molecule has 2 aromatic carbocycles. The van der Waals surface area contributed by atoms with Gasteiger partial charge in [-0.1, -0.05) is 24.3 Å². The lowest BCUT2D eigenvalue weighted by Crippen LogP contribution is -2.28. The van der Waals surface area contributed by atoms with E-state index in [2.05, 4.69) is 0 Å². The molecule has 0 aromatic heterocycles. The summed E-state index contributed by atoms with van der Waals surface area (Å²) in [6, 6.07) is 9.79. The minimum atomic E-state index is -1.03. The molecule has 0 aliphatic heterocycles. The summed E-state index contributed by atoms with van der Waals surface area (Å²) in [6.07, 6.45) is 0. The minimum Gasteiger partial charge on any atom is -0.481 e. The summed E-state index contributed by atoms with van der Waals surface area (Å²) in [4.78, 5) is 11.3. The molecule has 0 saturated carbocycles. The first-order valence-electron chi connectivity index (χ1n) is 5.35. The second kappa shape index (κ2) is 3.84. The number of carbonyl (C=O) groups is 1. The molecule has 0 atom stereocenters. The van der Waals surface area contributed by atoms with Gasteiger partial charge in [-0.25, -0.2) is 4.39 Å². The average molecular weight is 232 g/mol. The summed E-state index contributed by atoms with van der Waals surface area (Å²) in [5, 5.41) is 10.7. The molecule has 1 N–H and O–H groups in total. The van der Waals surface area contributed by atoms with Crippen molar-refractivity contribution < 1.29 is 14.3 Å². The molecule has 17 heavy (non-hydrogen) atoms. The van der Waals surface area contributed by atoms with Crippen LogP contribution in [0.1, 0.15) is 19.4 Å². The Kier molecular flexibility index (Phi) is 2.62. The number of hydrogen-bond acceptors (Lipinski definition) is 1. The van der Waals surface area contributed by atoms with E-state index in [0.717, 1.165) is 5.39 Å². The van der Waals surface area contributed by atoms with Gasteiger partial charge in [0.2, 0.25) is 0 Å². The van der Waals surface area contributed by atoms with Gasteiger partial charge in [0.25, 0.3) is 0 Å². The van der Waals surface area contributed by atoms with Gasteiger partial charge in [-0.2, -0.15) is 0 Å². The van der Waals surface area contributed by atoms with Gasteiger partial charge in [0.15, 0.2) is 0 Å². The highest BCUT2D eigenvalue weighted by Crippen LogP contribution is 2.31. The summed E-state index contributed by atoms with van der Waals surface area (Å²) in [6.45, 7) is 3.24. The molecule has 88 valence electrons. The minimum absolute atomic E-state index is 0.355. The van der Waals surface area contributed by atoms with Gasteiger partial charge >= 0.3 is 5.97 Å². The van der Waals surface area contributed by atoms with Crippen molar-refractivity contribution in [3.63, 3.8) is 0 Å². The molecular formula is C14H13FO2. The Morgan fingerprint density at radius 1 is 1.24 bits per heavy atom. The number of carboxylic acids is 1. The van der Waals surface area contributed by atoms with Crippen LogP contribution >= 0.6 is 0 Å². The zero-order valence-electron chi connectivity index (χ0n) is 9.70. The molecule has 0 radical (unpaired) electrons. The van der Waals surface area contributed by atoms with Gasteiger partial charge in [-0.3, -0.25) is 4.79 Å². The predicted octanol–water partition coefficient (Wildman–Crippen LogP) is 3.34. The monoisotopic (exact) mass is 232 g/mol. The Balaban J connectivity index is 2.78. The Hall–Kier alpha value is -1.90. The molecule has 3 heteroatoms. The Morgan fingerprint density at radius 3 is 2.59 bits per heavy atom. The highest BCUT2D eigenvalue weighted by Gasteiger charge is 2.30. The first kappa shape index (κ1) is 11.6. The zero-order valence-corrected chi connectivity index (χ0v) is 9.70. The van der Waals surface area contributed by atoms with E-state index in [4.69, 9.17) is 0 Å². The van der Waals surface area contributed by atoms with Crippen molar-refractivity contribution in [2.45, 2.75) is 19.3 Å². The van der Waals surface area contributed by atoms with Crippen LogP contribution in [0.2, 0.25) is 0 Å². The van der Waals surface area contributed by atoms with E-state index < -0.39 is 11.4 Å². The standard InChI is InChI=1S/C14H13FO2/c1-14(2,13(16)17)12-5-3-4-9-6-7-10(15)8-11(9)12/h3-8H,1-2H3,(H,16,17). The largest absolute Gasteiger partial charge is 0.481 e. The molecule has 2 rings (SSSR count). The topological polar surface area (TPSA) is 37.3 Å². The van der Waals surface area contributed by atoms with E-state index in [-0.39, 0.29) is 5.82 Å². The molecular weight excluding hydrogens is 219 g/mol. The van der Waals surface area contributed by atoms with Gasteiger partial charge in [-0.05, 0) is 42.3 Å². The van der Waals surface area contributed by atoms with E-state index in [1.54, 1.807) is 32.0 Å². The fourth-order valence-electron chi connectivity index (χ4n) is 1.91. The zero-order chi connectivity index (χ0) is 12.6. The number of halogens is 1. The van der Waals surface area contributed by atoms with Crippen LogP contribution < -0.4 is 0 Å². The fourth-order valence-corrected chi connectivity index (χ4v) is 1.91. The van der Waals surface area contributed by atoms with Crippen molar-refractivity contribution in [2.75, 3.05) is 0 Å². The van der Waals surface area contributed by atoms with Crippen molar-refractivity contribution in [1.82, 2.24) is 0 Å². The average Bonchev–Trinajstić information content (AvgIpc) is 2.27. The number of aliphatic carboxylic acids is 1. The van der Waals surface area contributed by atoms with E-state index in [1.807, 2.05) is 6.07 Å². The number of hydrogen-bond donors (Lipinski definition) is 1. The normalized spacial score (nSPS) is 11.7. The van der Waals surface area contributed by atoms with Crippen LogP contribution in [0.3, 0.4) is 0 Å². The molecule has 0 fully saturated rings.